The first-order valence-corrected chi connectivity index (χ1v) is 8.51. The minimum absolute atomic E-state index is 0.0399. The maximum atomic E-state index is 12.8. The highest BCUT2D eigenvalue weighted by molar-refractivity contribution is 5.94. The number of hydrogen-bond acceptors (Lipinski definition) is 5. The largest absolute Gasteiger partial charge is 0.374 e. The Hall–Kier alpha value is -2.80. The fraction of sp³-hybridized carbons (Fsp3) is 0.368. The van der Waals surface area contributed by atoms with Crippen LogP contribution < -0.4 is 11.1 Å². The van der Waals surface area contributed by atoms with Crippen LogP contribution in [0.15, 0.2) is 42.7 Å². The molecule has 138 valence electrons. The van der Waals surface area contributed by atoms with Crippen LogP contribution in [0.4, 0.5) is 0 Å². The van der Waals surface area contributed by atoms with Gasteiger partial charge in [-0.2, -0.15) is 0 Å². The Labute approximate surface area is 152 Å². The smallest absolute Gasteiger partial charge is 0.269 e. The predicted octanol–water partition coefficient (Wildman–Crippen LogP) is 1.38. The van der Waals surface area contributed by atoms with E-state index in [0.29, 0.717) is 12.8 Å². The van der Waals surface area contributed by atoms with Gasteiger partial charge in [0, 0.05) is 12.4 Å². The van der Waals surface area contributed by atoms with Crippen LogP contribution in [0.5, 0.6) is 0 Å². The summed E-state index contributed by atoms with van der Waals surface area (Å²) in [5.74, 6) is -1.75. The second-order valence-electron chi connectivity index (χ2n) is 6.55. The zero-order valence-electron chi connectivity index (χ0n) is 14.9. The molecule has 0 unspecified atom stereocenters. The Balaban J connectivity index is 2.33. The van der Waals surface area contributed by atoms with Crippen LogP contribution in [0, 0.1) is 5.92 Å². The summed E-state index contributed by atoms with van der Waals surface area (Å²) < 4.78 is 0. The Morgan fingerprint density at radius 3 is 2.42 bits per heavy atom. The molecule has 0 radical (unpaired) electrons. The third-order valence-electron chi connectivity index (χ3n) is 3.89. The number of aliphatic hydroxyl groups is 1. The molecule has 0 aliphatic rings. The van der Waals surface area contributed by atoms with Crippen LogP contribution in [-0.2, 0) is 11.2 Å². The number of nitrogens with one attached hydrogen (secondary N) is 1. The van der Waals surface area contributed by atoms with E-state index >= 15 is 0 Å². The number of aromatic nitrogens is 2. The number of hydrogen-bond donors (Lipinski definition) is 3. The second-order valence-corrected chi connectivity index (χ2v) is 6.55. The molecule has 0 saturated heterocycles. The first-order chi connectivity index (χ1) is 12.4. The molecule has 0 bridgehead atoms. The standard InChI is InChI=1S/C19H24N4O3/c1-12(2)10-15(24)23-19(26)14(11-13-6-4-3-5-7-13)16-17(18(20)25)22-9-8-21-16/h3-9,12,14-15,24H,10-11H2,1-2H3,(H2,20,25)(H,23,26)/t14-,15-/m0/s1. The number of nitrogens with two attached hydrogens (primary N) is 1. The van der Waals surface area contributed by atoms with Crippen molar-refractivity contribution in [3.8, 4) is 0 Å². The molecular weight excluding hydrogens is 332 g/mol. The van der Waals surface area contributed by atoms with E-state index in [2.05, 4.69) is 15.3 Å². The lowest BCUT2D eigenvalue weighted by molar-refractivity contribution is -0.125. The highest BCUT2D eigenvalue weighted by atomic mass is 16.3. The average molecular weight is 356 g/mol. The van der Waals surface area contributed by atoms with E-state index in [1.165, 1.54) is 12.4 Å². The molecule has 1 aromatic carbocycles. The van der Waals surface area contributed by atoms with E-state index in [-0.39, 0.29) is 17.3 Å². The van der Waals surface area contributed by atoms with E-state index in [1.807, 2.05) is 44.2 Å². The van der Waals surface area contributed by atoms with E-state index in [4.69, 9.17) is 5.73 Å². The molecule has 7 heteroatoms. The van der Waals surface area contributed by atoms with Gasteiger partial charge in [0.1, 0.15) is 11.9 Å². The maximum Gasteiger partial charge on any atom is 0.269 e. The van der Waals surface area contributed by atoms with Crippen molar-refractivity contribution in [1.29, 1.82) is 0 Å². The zero-order chi connectivity index (χ0) is 19.1. The molecule has 0 saturated carbocycles. The van der Waals surface area contributed by atoms with Crippen LogP contribution in [0.2, 0.25) is 0 Å². The van der Waals surface area contributed by atoms with Gasteiger partial charge in [0.05, 0.1) is 11.6 Å². The van der Waals surface area contributed by atoms with Gasteiger partial charge in [0.2, 0.25) is 5.91 Å². The van der Waals surface area contributed by atoms with Gasteiger partial charge in [-0.1, -0.05) is 44.2 Å². The minimum Gasteiger partial charge on any atom is -0.374 e. The molecule has 26 heavy (non-hydrogen) atoms. The van der Waals surface area contributed by atoms with Crippen LogP contribution in [-0.4, -0.2) is 33.1 Å². The molecule has 0 aliphatic carbocycles. The van der Waals surface area contributed by atoms with Crippen molar-refractivity contribution in [3.63, 3.8) is 0 Å². The van der Waals surface area contributed by atoms with Crippen LogP contribution in [0.3, 0.4) is 0 Å². The van der Waals surface area contributed by atoms with Gasteiger partial charge in [-0.05, 0) is 24.3 Å². The van der Waals surface area contributed by atoms with E-state index in [9.17, 15) is 14.7 Å². The lowest BCUT2D eigenvalue weighted by Gasteiger charge is -2.21. The molecule has 2 amide bonds. The van der Waals surface area contributed by atoms with Crippen molar-refractivity contribution in [2.75, 3.05) is 0 Å². The monoisotopic (exact) mass is 356 g/mol. The van der Waals surface area contributed by atoms with E-state index in [1.54, 1.807) is 0 Å². The third kappa shape index (κ3) is 5.35. The zero-order valence-corrected chi connectivity index (χ0v) is 14.9. The lowest BCUT2D eigenvalue weighted by Crippen LogP contribution is -2.40. The van der Waals surface area contributed by atoms with Crippen molar-refractivity contribution < 1.29 is 14.7 Å². The Bertz CT molecular complexity index is 749. The van der Waals surface area contributed by atoms with E-state index in [0.717, 1.165) is 5.56 Å². The number of carbonyl (C=O) groups is 2. The molecule has 1 aromatic heterocycles. The van der Waals surface area contributed by atoms with Crippen LogP contribution in [0.1, 0.15) is 47.9 Å². The summed E-state index contributed by atoms with van der Waals surface area (Å²) in [6.07, 6.45) is 2.52. The number of amides is 2. The minimum atomic E-state index is -0.977. The molecular formula is C19H24N4O3. The van der Waals surface area contributed by atoms with Crippen molar-refractivity contribution in [2.45, 2.75) is 38.8 Å². The molecule has 2 rings (SSSR count). The molecule has 0 aliphatic heterocycles. The molecule has 4 N–H and O–H groups in total. The quantitative estimate of drug-likeness (QED) is 0.618. The summed E-state index contributed by atoms with van der Waals surface area (Å²) in [5, 5.41) is 12.7. The van der Waals surface area contributed by atoms with Gasteiger partial charge in [0.25, 0.3) is 5.91 Å². The molecule has 2 aromatic rings. The Morgan fingerprint density at radius 2 is 1.81 bits per heavy atom. The summed E-state index contributed by atoms with van der Waals surface area (Å²) in [4.78, 5) is 32.7. The SMILES string of the molecule is CC(C)C[C@H](O)NC(=O)[C@@H](Cc1ccccc1)c1nccnc1C(N)=O. The lowest BCUT2D eigenvalue weighted by atomic mass is 9.93. The van der Waals surface area contributed by atoms with Gasteiger partial charge in [-0.15, -0.1) is 0 Å². The van der Waals surface area contributed by atoms with Crippen molar-refractivity contribution in [1.82, 2.24) is 15.3 Å². The maximum absolute atomic E-state index is 12.8. The summed E-state index contributed by atoms with van der Waals surface area (Å²) in [6.45, 7) is 3.90. The number of rotatable bonds is 8. The number of aliphatic hydroxyl groups excluding tert-OH is 1. The van der Waals surface area contributed by atoms with Crippen LogP contribution in [0.25, 0.3) is 0 Å². The predicted molar refractivity (Wildman–Crippen MR) is 97.0 cm³/mol. The van der Waals surface area contributed by atoms with Gasteiger partial charge in [0.15, 0.2) is 0 Å². The number of benzene rings is 1. The number of carbonyl (C=O) groups excluding carboxylic acids is 2. The third-order valence-corrected chi connectivity index (χ3v) is 3.89. The number of nitrogens with zero attached hydrogens (tertiary/aromatic N) is 2. The van der Waals surface area contributed by atoms with Gasteiger partial charge in [-0.3, -0.25) is 14.6 Å². The Morgan fingerprint density at radius 1 is 1.15 bits per heavy atom. The highest BCUT2D eigenvalue weighted by Gasteiger charge is 2.28. The second kappa shape index (κ2) is 9.05. The van der Waals surface area contributed by atoms with Gasteiger partial charge < -0.3 is 16.2 Å². The van der Waals surface area contributed by atoms with Crippen LogP contribution >= 0.6 is 0 Å². The first kappa shape index (κ1) is 19.5. The fourth-order valence-electron chi connectivity index (χ4n) is 2.73. The first-order valence-electron chi connectivity index (χ1n) is 8.51. The van der Waals surface area contributed by atoms with Gasteiger partial charge in [-0.25, -0.2) is 4.98 Å². The molecule has 0 fully saturated rings. The molecule has 1 heterocycles. The summed E-state index contributed by atoms with van der Waals surface area (Å²) in [7, 11) is 0. The summed E-state index contributed by atoms with van der Waals surface area (Å²) in [6, 6.07) is 9.37. The average Bonchev–Trinajstić information content (AvgIpc) is 2.59. The molecule has 0 spiro atoms. The van der Waals surface area contributed by atoms with Crippen molar-refractivity contribution >= 4 is 11.8 Å². The van der Waals surface area contributed by atoms with E-state index < -0.39 is 24.0 Å². The summed E-state index contributed by atoms with van der Waals surface area (Å²) in [5.41, 5.74) is 6.45. The normalized spacial score (nSPS) is 13.2. The van der Waals surface area contributed by atoms with Crippen molar-refractivity contribution in [2.24, 2.45) is 11.7 Å². The highest BCUT2D eigenvalue weighted by Crippen LogP contribution is 2.22. The summed E-state index contributed by atoms with van der Waals surface area (Å²) >= 11 is 0. The Kier molecular flexibility index (Phi) is 6.80. The van der Waals surface area contributed by atoms with Gasteiger partial charge >= 0.3 is 0 Å². The number of primary amides is 1. The molecule has 7 nitrogen and oxygen atoms in total. The molecule has 2 atom stereocenters. The topological polar surface area (TPSA) is 118 Å². The fourth-order valence-corrected chi connectivity index (χ4v) is 2.73. The van der Waals surface area contributed by atoms with Crippen molar-refractivity contribution in [3.05, 3.63) is 59.7 Å².